The molecular formula is C12H23BrOS2. The van der Waals surface area contributed by atoms with Gasteiger partial charge in [-0.25, -0.2) is 0 Å². The van der Waals surface area contributed by atoms with Gasteiger partial charge in [0.05, 0.1) is 6.61 Å². The van der Waals surface area contributed by atoms with E-state index in [2.05, 4.69) is 15.9 Å². The van der Waals surface area contributed by atoms with Gasteiger partial charge in [0.25, 0.3) is 0 Å². The van der Waals surface area contributed by atoms with E-state index in [0.29, 0.717) is 4.38 Å². The van der Waals surface area contributed by atoms with Crippen molar-refractivity contribution in [3.05, 3.63) is 0 Å². The fourth-order valence-corrected chi connectivity index (χ4v) is 2.15. The van der Waals surface area contributed by atoms with Crippen LogP contribution in [0.15, 0.2) is 0 Å². The Balaban J connectivity index is 2.96. The Bertz CT molecular complexity index is 165. The van der Waals surface area contributed by atoms with Gasteiger partial charge in [0.2, 0.25) is 4.38 Å². The highest BCUT2D eigenvalue weighted by atomic mass is 79.9. The van der Waals surface area contributed by atoms with E-state index in [9.17, 15) is 0 Å². The first-order valence-electron chi connectivity index (χ1n) is 6.08. The molecule has 0 aromatic rings. The molecule has 0 atom stereocenters. The summed E-state index contributed by atoms with van der Waals surface area (Å²) in [6, 6.07) is 0. The number of thioether (sulfide) groups is 1. The van der Waals surface area contributed by atoms with Crippen LogP contribution in [0, 0.1) is 0 Å². The van der Waals surface area contributed by atoms with Crippen LogP contribution in [0.25, 0.3) is 0 Å². The SMILES string of the molecule is CSC(=S)OCCCCCCCCCCBr. The fourth-order valence-electron chi connectivity index (χ4n) is 1.47. The molecule has 0 radical (unpaired) electrons. The molecule has 0 rings (SSSR count). The van der Waals surface area contributed by atoms with E-state index in [-0.39, 0.29) is 0 Å². The molecule has 1 nitrogen and oxygen atoms in total. The molecule has 0 amide bonds. The second-order valence-electron chi connectivity index (χ2n) is 3.82. The lowest BCUT2D eigenvalue weighted by Crippen LogP contribution is -1.98. The molecule has 0 bridgehead atoms. The van der Waals surface area contributed by atoms with Crippen LogP contribution in [0.4, 0.5) is 0 Å². The normalized spacial score (nSPS) is 10.4. The van der Waals surface area contributed by atoms with Crippen molar-refractivity contribution in [3.63, 3.8) is 0 Å². The molecule has 16 heavy (non-hydrogen) atoms. The number of unbranched alkanes of at least 4 members (excludes halogenated alkanes) is 7. The van der Waals surface area contributed by atoms with Gasteiger partial charge in [-0.1, -0.05) is 66.2 Å². The van der Waals surface area contributed by atoms with Gasteiger partial charge in [-0.3, -0.25) is 0 Å². The predicted molar refractivity (Wildman–Crippen MR) is 82.8 cm³/mol. The summed E-state index contributed by atoms with van der Waals surface area (Å²) in [5, 5.41) is 1.15. The molecule has 0 aliphatic carbocycles. The van der Waals surface area contributed by atoms with Gasteiger partial charge in [0.15, 0.2) is 0 Å². The molecule has 0 spiro atoms. The minimum Gasteiger partial charge on any atom is -0.479 e. The van der Waals surface area contributed by atoms with E-state index in [1.165, 1.54) is 56.7 Å². The minimum atomic E-state index is 0.676. The first-order valence-corrected chi connectivity index (χ1v) is 8.83. The van der Waals surface area contributed by atoms with E-state index in [1.54, 1.807) is 0 Å². The molecule has 0 aromatic heterocycles. The van der Waals surface area contributed by atoms with Crippen molar-refractivity contribution in [2.75, 3.05) is 18.2 Å². The highest BCUT2D eigenvalue weighted by Gasteiger charge is 1.95. The Labute approximate surface area is 118 Å². The molecule has 0 aliphatic heterocycles. The van der Waals surface area contributed by atoms with Crippen molar-refractivity contribution >= 4 is 44.3 Å². The maximum atomic E-state index is 5.34. The smallest absolute Gasteiger partial charge is 0.219 e. The zero-order valence-corrected chi connectivity index (χ0v) is 13.4. The van der Waals surface area contributed by atoms with Crippen LogP contribution in [-0.2, 0) is 4.74 Å². The summed E-state index contributed by atoms with van der Waals surface area (Å²) in [7, 11) is 0. The van der Waals surface area contributed by atoms with Gasteiger partial charge in [-0.2, -0.15) is 0 Å². The fraction of sp³-hybridized carbons (Fsp3) is 0.917. The molecule has 96 valence electrons. The topological polar surface area (TPSA) is 9.23 Å². The molecule has 0 heterocycles. The number of hydrogen-bond donors (Lipinski definition) is 0. The number of rotatable bonds is 10. The summed E-state index contributed by atoms with van der Waals surface area (Å²) in [6.45, 7) is 0.795. The Kier molecular flexibility index (Phi) is 14.4. The van der Waals surface area contributed by atoms with Crippen molar-refractivity contribution in [3.8, 4) is 0 Å². The van der Waals surface area contributed by atoms with Gasteiger partial charge < -0.3 is 4.74 Å². The van der Waals surface area contributed by atoms with Crippen LogP contribution in [0.3, 0.4) is 0 Å². The number of alkyl halides is 1. The Morgan fingerprint density at radius 3 is 2.00 bits per heavy atom. The third-order valence-electron chi connectivity index (χ3n) is 2.41. The third-order valence-corrected chi connectivity index (χ3v) is 4.04. The molecule has 0 unspecified atom stereocenters. The summed E-state index contributed by atoms with van der Waals surface area (Å²) in [6.07, 6.45) is 12.5. The average Bonchev–Trinajstić information content (AvgIpc) is 2.31. The monoisotopic (exact) mass is 326 g/mol. The lowest BCUT2D eigenvalue weighted by Gasteiger charge is -2.04. The summed E-state index contributed by atoms with van der Waals surface area (Å²) < 4.78 is 6.02. The minimum absolute atomic E-state index is 0.676. The average molecular weight is 327 g/mol. The Morgan fingerprint density at radius 2 is 1.50 bits per heavy atom. The summed E-state index contributed by atoms with van der Waals surface area (Å²) in [5.74, 6) is 0. The van der Waals surface area contributed by atoms with Gasteiger partial charge >= 0.3 is 0 Å². The molecule has 0 saturated carbocycles. The molecule has 0 saturated heterocycles. The lowest BCUT2D eigenvalue weighted by molar-refractivity contribution is 0.308. The van der Waals surface area contributed by atoms with E-state index in [4.69, 9.17) is 17.0 Å². The van der Waals surface area contributed by atoms with Crippen LogP contribution in [0.1, 0.15) is 51.4 Å². The van der Waals surface area contributed by atoms with Crippen LogP contribution >= 0.6 is 39.9 Å². The molecular weight excluding hydrogens is 304 g/mol. The molecule has 0 fully saturated rings. The van der Waals surface area contributed by atoms with Crippen molar-refractivity contribution in [2.45, 2.75) is 51.4 Å². The molecule has 4 heteroatoms. The first kappa shape index (κ1) is 16.7. The zero-order valence-electron chi connectivity index (χ0n) is 10.2. The van der Waals surface area contributed by atoms with Crippen LogP contribution in [-0.4, -0.2) is 22.6 Å². The van der Waals surface area contributed by atoms with Gasteiger partial charge in [0.1, 0.15) is 0 Å². The summed E-state index contributed by atoms with van der Waals surface area (Å²) >= 11 is 9.91. The van der Waals surface area contributed by atoms with Crippen molar-refractivity contribution in [1.29, 1.82) is 0 Å². The van der Waals surface area contributed by atoms with Gasteiger partial charge in [0, 0.05) is 5.33 Å². The van der Waals surface area contributed by atoms with E-state index in [0.717, 1.165) is 18.4 Å². The van der Waals surface area contributed by atoms with Crippen LogP contribution in [0.5, 0.6) is 0 Å². The van der Waals surface area contributed by atoms with Crippen LogP contribution < -0.4 is 0 Å². The second kappa shape index (κ2) is 13.8. The highest BCUT2D eigenvalue weighted by Crippen LogP contribution is 2.09. The lowest BCUT2D eigenvalue weighted by atomic mass is 10.1. The standard InChI is InChI=1S/C12H23BrOS2/c1-16-12(15)14-11-9-7-5-3-2-4-6-8-10-13/h2-11H2,1H3. The van der Waals surface area contributed by atoms with Crippen LogP contribution in [0.2, 0.25) is 0 Å². The first-order chi connectivity index (χ1) is 7.81. The molecule has 0 aromatic carbocycles. The quantitative estimate of drug-likeness (QED) is 0.311. The summed E-state index contributed by atoms with van der Waals surface area (Å²) in [4.78, 5) is 0. The maximum absolute atomic E-state index is 5.34. The van der Waals surface area contributed by atoms with E-state index < -0.39 is 0 Å². The third kappa shape index (κ3) is 12.8. The number of halogens is 1. The van der Waals surface area contributed by atoms with Gasteiger partial charge in [-0.15, -0.1) is 0 Å². The van der Waals surface area contributed by atoms with E-state index >= 15 is 0 Å². The summed E-state index contributed by atoms with van der Waals surface area (Å²) in [5.41, 5.74) is 0. The Hall–Kier alpha value is 0.720. The maximum Gasteiger partial charge on any atom is 0.219 e. The largest absolute Gasteiger partial charge is 0.479 e. The number of thiocarbonyl (C=S) groups is 1. The Morgan fingerprint density at radius 1 is 1.00 bits per heavy atom. The van der Waals surface area contributed by atoms with E-state index in [1.807, 2.05) is 6.26 Å². The molecule has 0 aliphatic rings. The zero-order chi connectivity index (χ0) is 12.1. The predicted octanol–water partition coefficient (Wildman–Crippen LogP) is 5.17. The highest BCUT2D eigenvalue weighted by molar-refractivity contribution is 9.09. The van der Waals surface area contributed by atoms with Crippen molar-refractivity contribution < 1.29 is 4.74 Å². The number of hydrogen-bond acceptors (Lipinski definition) is 3. The van der Waals surface area contributed by atoms with Crippen molar-refractivity contribution in [1.82, 2.24) is 0 Å². The molecule has 0 N–H and O–H groups in total. The number of ether oxygens (including phenoxy) is 1. The van der Waals surface area contributed by atoms with Gasteiger partial charge in [-0.05, 0) is 31.3 Å². The second-order valence-corrected chi connectivity index (χ2v) is 6.02. The van der Waals surface area contributed by atoms with Crippen molar-refractivity contribution in [2.24, 2.45) is 0 Å².